The van der Waals surface area contributed by atoms with E-state index in [1.165, 1.54) is 12.1 Å². The maximum atomic E-state index is 12.9. The number of hydrogen-bond donors (Lipinski definition) is 1. The minimum atomic E-state index is -0.181. The third kappa shape index (κ3) is 3.97. The van der Waals surface area contributed by atoms with Gasteiger partial charge in [-0.15, -0.1) is 11.8 Å². The lowest BCUT2D eigenvalue weighted by molar-refractivity contribution is 0.0833. The van der Waals surface area contributed by atoms with E-state index in [1.807, 2.05) is 12.1 Å². The second-order valence-electron chi connectivity index (χ2n) is 4.53. The standard InChI is InChI=1S/C14H20FNOS/c1-2-8-16-13-7-9-17-10-14(13)18-12-5-3-11(15)4-6-12/h3-6,13-14,16H,2,7-10H2,1H3. The van der Waals surface area contributed by atoms with E-state index in [-0.39, 0.29) is 5.82 Å². The molecule has 2 rings (SSSR count). The van der Waals surface area contributed by atoms with Gasteiger partial charge in [-0.3, -0.25) is 0 Å². The predicted molar refractivity (Wildman–Crippen MR) is 73.6 cm³/mol. The van der Waals surface area contributed by atoms with Crippen LogP contribution in [0.2, 0.25) is 0 Å². The number of hydrogen-bond acceptors (Lipinski definition) is 3. The molecule has 0 aromatic heterocycles. The molecule has 0 bridgehead atoms. The Morgan fingerprint density at radius 3 is 2.89 bits per heavy atom. The van der Waals surface area contributed by atoms with Gasteiger partial charge in [-0.05, 0) is 43.7 Å². The van der Waals surface area contributed by atoms with E-state index in [9.17, 15) is 4.39 Å². The van der Waals surface area contributed by atoms with E-state index < -0.39 is 0 Å². The highest BCUT2D eigenvalue weighted by molar-refractivity contribution is 8.00. The number of rotatable bonds is 5. The first kappa shape index (κ1) is 13.8. The van der Waals surface area contributed by atoms with Crippen molar-refractivity contribution in [1.82, 2.24) is 5.32 Å². The van der Waals surface area contributed by atoms with Crippen LogP contribution in [-0.2, 0) is 4.74 Å². The van der Waals surface area contributed by atoms with Crippen LogP contribution in [0.5, 0.6) is 0 Å². The van der Waals surface area contributed by atoms with Gasteiger partial charge >= 0.3 is 0 Å². The Morgan fingerprint density at radius 1 is 1.39 bits per heavy atom. The van der Waals surface area contributed by atoms with Crippen molar-refractivity contribution in [3.63, 3.8) is 0 Å². The first-order chi connectivity index (χ1) is 8.79. The maximum Gasteiger partial charge on any atom is 0.123 e. The largest absolute Gasteiger partial charge is 0.380 e. The lowest BCUT2D eigenvalue weighted by atomic mass is 10.1. The zero-order chi connectivity index (χ0) is 12.8. The normalized spacial score (nSPS) is 24.1. The second kappa shape index (κ2) is 7.12. The van der Waals surface area contributed by atoms with Gasteiger partial charge < -0.3 is 10.1 Å². The third-order valence-corrected chi connectivity index (χ3v) is 4.37. The fraction of sp³-hybridized carbons (Fsp3) is 0.571. The average molecular weight is 269 g/mol. The molecule has 2 atom stereocenters. The van der Waals surface area contributed by atoms with Crippen LogP contribution in [0, 0.1) is 5.82 Å². The molecule has 0 radical (unpaired) electrons. The van der Waals surface area contributed by atoms with Crippen LogP contribution >= 0.6 is 11.8 Å². The van der Waals surface area contributed by atoms with Gasteiger partial charge in [0.25, 0.3) is 0 Å². The van der Waals surface area contributed by atoms with Crippen LogP contribution in [0.25, 0.3) is 0 Å². The summed E-state index contributed by atoms with van der Waals surface area (Å²) in [5.41, 5.74) is 0. The van der Waals surface area contributed by atoms with E-state index in [1.54, 1.807) is 11.8 Å². The van der Waals surface area contributed by atoms with Crippen LogP contribution in [0.4, 0.5) is 4.39 Å². The van der Waals surface area contributed by atoms with Crippen molar-refractivity contribution in [1.29, 1.82) is 0 Å². The van der Waals surface area contributed by atoms with Crippen LogP contribution < -0.4 is 5.32 Å². The first-order valence-corrected chi connectivity index (χ1v) is 7.41. The van der Waals surface area contributed by atoms with E-state index in [0.717, 1.165) is 37.5 Å². The van der Waals surface area contributed by atoms with Gasteiger partial charge in [0.05, 0.1) is 6.61 Å². The molecule has 2 unspecified atom stereocenters. The van der Waals surface area contributed by atoms with Crippen molar-refractivity contribution < 1.29 is 9.13 Å². The Hall–Kier alpha value is -0.580. The van der Waals surface area contributed by atoms with E-state index in [4.69, 9.17) is 4.74 Å². The molecule has 0 spiro atoms. The molecule has 1 aromatic carbocycles. The minimum absolute atomic E-state index is 0.181. The predicted octanol–water partition coefficient (Wildman–Crippen LogP) is 3.07. The van der Waals surface area contributed by atoms with Crippen molar-refractivity contribution in [3.8, 4) is 0 Å². The van der Waals surface area contributed by atoms with Gasteiger partial charge in [-0.25, -0.2) is 4.39 Å². The van der Waals surface area contributed by atoms with Gasteiger partial charge in [-0.2, -0.15) is 0 Å². The van der Waals surface area contributed by atoms with E-state index in [2.05, 4.69) is 12.2 Å². The molecular formula is C14H20FNOS. The summed E-state index contributed by atoms with van der Waals surface area (Å²) in [6.45, 7) is 4.82. The molecule has 4 heteroatoms. The number of halogens is 1. The lowest BCUT2D eigenvalue weighted by Gasteiger charge is -2.31. The zero-order valence-electron chi connectivity index (χ0n) is 10.7. The second-order valence-corrected chi connectivity index (χ2v) is 5.85. The number of nitrogens with one attached hydrogen (secondary N) is 1. The van der Waals surface area contributed by atoms with Crippen molar-refractivity contribution >= 4 is 11.8 Å². The fourth-order valence-electron chi connectivity index (χ4n) is 2.08. The SMILES string of the molecule is CCCNC1CCOCC1Sc1ccc(F)cc1. The van der Waals surface area contributed by atoms with Gasteiger partial charge in [0, 0.05) is 22.8 Å². The molecule has 1 saturated heterocycles. The number of ether oxygens (including phenoxy) is 1. The lowest BCUT2D eigenvalue weighted by Crippen LogP contribution is -2.45. The Kier molecular flexibility index (Phi) is 5.47. The van der Waals surface area contributed by atoms with Gasteiger partial charge in [0.2, 0.25) is 0 Å². The topological polar surface area (TPSA) is 21.3 Å². The molecule has 2 nitrogen and oxygen atoms in total. The molecule has 0 saturated carbocycles. The van der Waals surface area contributed by atoms with Crippen molar-refractivity contribution in [3.05, 3.63) is 30.1 Å². The molecule has 0 aliphatic carbocycles. The Bertz CT molecular complexity index is 357. The summed E-state index contributed by atoms with van der Waals surface area (Å²) in [5, 5.41) is 3.99. The van der Waals surface area contributed by atoms with Gasteiger partial charge in [0.15, 0.2) is 0 Å². The molecule has 1 aromatic rings. The summed E-state index contributed by atoms with van der Waals surface area (Å²) in [7, 11) is 0. The molecule has 1 heterocycles. The average Bonchev–Trinajstić information content (AvgIpc) is 2.40. The highest BCUT2D eigenvalue weighted by Gasteiger charge is 2.25. The first-order valence-electron chi connectivity index (χ1n) is 6.53. The molecule has 1 fully saturated rings. The summed E-state index contributed by atoms with van der Waals surface area (Å²) < 4.78 is 18.4. The summed E-state index contributed by atoms with van der Waals surface area (Å²) in [5.74, 6) is -0.181. The van der Waals surface area contributed by atoms with Crippen LogP contribution in [0.1, 0.15) is 19.8 Å². The molecule has 1 aliphatic heterocycles. The van der Waals surface area contributed by atoms with E-state index >= 15 is 0 Å². The quantitative estimate of drug-likeness (QED) is 0.887. The van der Waals surface area contributed by atoms with Crippen LogP contribution in [-0.4, -0.2) is 31.1 Å². The summed E-state index contributed by atoms with van der Waals surface area (Å²) in [6.07, 6.45) is 2.20. The van der Waals surface area contributed by atoms with Crippen molar-refractivity contribution in [2.75, 3.05) is 19.8 Å². The Labute approximate surface area is 112 Å². The Morgan fingerprint density at radius 2 is 2.17 bits per heavy atom. The summed E-state index contributed by atoms with van der Waals surface area (Å²) >= 11 is 1.78. The monoisotopic (exact) mass is 269 g/mol. The fourth-order valence-corrected chi connectivity index (χ4v) is 3.28. The highest BCUT2D eigenvalue weighted by Crippen LogP contribution is 2.29. The maximum absolute atomic E-state index is 12.9. The Balaban J connectivity index is 1.94. The molecular weight excluding hydrogens is 249 g/mol. The molecule has 0 amide bonds. The zero-order valence-corrected chi connectivity index (χ0v) is 11.5. The molecule has 1 N–H and O–H groups in total. The van der Waals surface area contributed by atoms with Crippen LogP contribution in [0.15, 0.2) is 29.2 Å². The minimum Gasteiger partial charge on any atom is -0.380 e. The van der Waals surface area contributed by atoms with E-state index in [0.29, 0.717) is 11.3 Å². The molecule has 18 heavy (non-hydrogen) atoms. The van der Waals surface area contributed by atoms with Crippen LogP contribution in [0.3, 0.4) is 0 Å². The number of thioether (sulfide) groups is 1. The van der Waals surface area contributed by atoms with Gasteiger partial charge in [-0.1, -0.05) is 6.92 Å². The summed E-state index contributed by atoms with van der Waals surface area (Å²) in [6, 6.07) is 7.20. The van der Waals surface area contributed by atoms with Gasteiger partial charge in [0.1, 0.15) is 5.82 Å². The number of benzene rings is 1. The molecule has 1 aliphatic rings. The highest BCUT2D eigenvalue weighted by atomic mass is 32.2. The molecule has 100 valence electrons. The smallest absolute Gasteiger partial charge is 0.123 e. The van der Waals surface area contributed by atoms with Crippen molar-refractivity contribution in [2.24, 2.45) is 0 Å². The summed E-state index contributed by atoms with van der Waals surface area (Å²) in [4.78, 5) is 1.11. The van der Waals surface area contributed by atoms with Crippen molar-refractivity contribution in [2.45, 2.75) is 36.0 Å². The third-order valence-electron chi connectivity index (χ3n) is 3.06.